The van der Waals surface area contributed by atoms with E-state index in [4.69, 9.17) is 0 Å². The van der Waals surface area contributed by atoms with E-state index in [-0.39, 0.29) is 0 Å². The highest BCUT2D eigenvalue weighted by Crippen LogP contribution is 2.29. The van der Waals surface area contributed by atoms with Crippen molar-refractivity contribution in [2.24, 2.45) is 0 Å². The van der Waals surface area contributed by atoms with Crippen LogP contribution in [0.3, 0.4) is 0 Å². The van der Waals surface area contributed by atoms with Crippen LogP contribution in [-0.4, -0.2) is 0 Å². The van der Waals surface area contributed by atoms with E-state index in [0.29, 0.717) is 0 Å². The molecule has 0 nitrogen and oxygen atoms in total. The molecule has 0 aliphatic carbocycles. The van der Waals surface area contributed by atoms with Crippen LogP contribution in [0.15, 0.2) is 90.7 Å². The summed E-state index contributed by atoms with van der Waals surface area (Å²) in [7, 11) is 0. The Balaban J connectivity index is 0.000000176. The van der Waals surface area contributed by atoms with Gasteiger partial charge in [0.05, 0.1) is 0 Å². The summed E-state index contributed by atoms with van der Waals surface area (Å²) in [5.41, 5.74) is 10.5. The Hall–Kier alpha value is 0.680. The van der Waals surface area contributed by atoms with Crippen molar-refractivity contribution in [2.75, 3.05) is 0 Å². The van der Waals surface area contributed by atoms with Crippen LogP contribution in [0.1, 0.15) is 44.5 Å². The molecule has 0 aliphatic rings. The zero-order chi connectivity index (χ0) is 36.0. The SMILES string of the molecule is Cc1cc(Br)c(C)cc1Br.Cc1cc(I)c(C)cc1I.Cc1cc2cc(Br)c(C)cc2cc1Br.Cc1cc2cc(I)c(C)cc2cc1I. The minimum Gasteiger partial charge on any atom is -0.0505 e. The average Bonchev–Trinajstić information content (AvgIpc) is 3.00. The molecule has 0 aliphatic heterocycles. The van der Waals surface area contributed by atoms with Crippen molar-refractivity contribution in [1.29, 1.82) is 0 Å². The predicted molar refractivity (Wildman–Crippen MR) is 260 cm³/mol. The summed E-state index contributed by atoms with van der Waals surface area (Å²) in [5, 5.41) is 5.25. The molecule has 252 valence electrons. The van der Waals surface area contributed by atoms with E-state index in [2.05, 4.69) is 282 Å². The molecule has 0 spiro atoms. The number of fused-ring (bicyclic) bond motifs is 2. The van der Waals surface area contributed by atoms with E-state index < -0.39 is 0 Å². The van der Waals surface area contributed by atoms with Crippen LogP contribution in [0, 0.1) is 69.7 Å². The topological polar surface area (TPSA) is 0 Å². The number of benzene rings is 6. The van der Waals surface area contributed by atoms with Crippen LogP contribution in [0.5, 0.6) is 0 Å². The van der Waals surface area contributed by atoms with Crippen LogP contribution < -0.4 is 0 Å². The first-order valence-electron chi connectivity index (χ1n) is 14.9. The second kappa shape index (κ2) is 19.7. The highest BCUT2D eigenvalue weighted by atomic mass is 127. The Morgan fingerprint density at radius 2 is 0.479 bits per heavy atom. The van der Waals surface area contributed by atoms with Gasteiger partial charge in [-0.3, -0.25) is 0 Å². The fourth-order valence-electron chi connectivity index (χ4n) is 4.54. The lowest BCUT2D eigenvalue weighted by Crippen LogP contribution is -1.85. The van der Waals surface area contributed by atoms with Crippen LogP contribution >= 0.6 is 154 Å². The van der Waals surface area contributed by atoms with Crippen molar-refractivity contribution in [3.8, 4) is 0 Å². The standard InChI is InChI=1S/C12H10Br2.C12H10I2.C8H8Br2.C8H8I2/c2*1-7-3-9-6-12(14)8(2)4-10(9)5-11(7)13;2*1-5-3-8(10)6(2)4-7(5)9/h2*3-6H,1-2H3;2*3-4H,1-2H3. The molecule has 0 bridgehead atoms. The molecule has 8 heteroatoms. The van der Waals surface area contributed by atoms with Crippen LogP contribution in [-0.2, 0) is 0 Å². The van der Waals surface area contributed by atoms with E-state index in [1.807, 2.05) is 0 Å². The van der Waals surface area contributed by atoms with Gasteiger partial charge in [0.15, 0.2) is 0 Å². The highest BCUT2D eigenvalue weighted by Gasteiger charge is 2.04. The van der Waals surface area contributed by atoms with Gasteiger partial charge in [0.2, 0.25) is 0 Å². The lowest BCUT2D eigenvalue weighted by atomic mass is 10.1. The molecule has 0 saturated carbocycles. The third-order valence-electron chi connectivity index (χ3n) is 7.67. The van der Waals surface area contributed by atoms with Gasteiger partial charge in [-0.1, -0.05) is 88.0 Å². The van der Waals surface area contributed by atoms with Gasteiger partial charge < -0.3 is 0 Å². The molecule has 0 radical (unpaired) electrons. The largest absolute Gasteiger partial charge is 0.0505 e. The summed E-state index contributed by atoms with van der Waals surface area (Å²) < 4.78 is 10.1. The van der Waals surface area contributed by atoms with E-state index in [1.54, 1.807) is 0 Å². The van der Waals surface area contributed by atoms with Crippen molar-refractivity contribution in [3.63, 3.8) is 0 Å². The van der Waals surface area contributed by atoms with Gasteiger partial charge in [0.25, 0.3) is 0 Å². The lowest BCUT2D eigenvalue weighted by Gasteiger charge is -2.05. The molecule has 0 N–H and O–H groups in total. The summed E-state index contributed by atoms with van der Waals surface area (Å²) in [6.45, 7) is 17.0. The maximum atomic E-state index is 3.55. The molecular weight excluding hydrogens is 1310 g/mol. The average molecular weight is 1340 g/mol. The van der Waals surface area contributed by atoms with Gasteiger partial charge in [-0.25, -0.2) is 0 Å². The fraction of sp³-hybridized carbons (Fsp3) is 0.200. The van der Waals surface area contributed by atoms with Crippen LogP contribution in [0.2, 0.25) is 0 Å². The summed E-state index contributed by atoms with van der Waals surface area (Å²) in [6.07, 6.45) is 0. The van der Waals surface area contributed by atoms with Crippen molar-refractivity contribution < 1.29 is 0 Å². The molecule has 0 saturated heterocycles. The molecule has 0 fully saturated rings. The van der Waals surface area contributed by atoms with Gasteiger partial charge in [0.1, 0.15) is 0 Å². The second-order valence-electron chi connectivity index (χ2n) is 11.8. The van der Waals surface area contributed by atoms with Crippen LogP contribution in [0.4, 0.5) is 0 Å². The van der Waals surface area contributed by atoms with E-state index >= 15 is 0 Å². The number of halogens is 8. The predicted octanol–water partition coefficient (Wildman–Crippen LogP) is 17.0. The Morgan fingerprint density at radius 1 is 0.271 bits per heavy atom. The van der Waals surface area contributed by atoms with Gasteiger partial charge in [-0.15, -0.1) is 0 Å². The first-order chi connectivity index (χ1) is 22.4. The minimum atomic E-state index is 1.17. The highest BCUT2D eigenvalue weighted by molar-refractivity contribution is 14.1. The minimum absolute atomic E-state index is 1.17. The van der Waals surface area contributed by atoms with Gasteiger partial charge in [-0.05, 0) is 260 Å². The quantitative estimate of drug-likeness (QED) is 0.133. The summed E-state index contributed by atoms with van der Waals surface area (Å²) >= 11 is 23.5. The maximum absolute atomic E-state index is 3.55. The van der Waals surface area contributed by atoms with Gasteiger partial charge in [0, 0.05) is 32.2 Å². The molecule has 6 rings (SSSR count). The van der Waals surface area contributed by atoms with Crippen molar-refractivity contribution in [1.82, 2.24) is 0 Å². The van der Waals surface area contributed by atoms with Gasteiger partial charge in [-0.2, -0.15) is 0 Å². The lowest BCUT2D eigenvalue weighted by molar-refractivity contribution is 1.33. The Bertz CT molecular complexity index is 1680. The van der Waals surface area contributed by atoms with Crippen molar-refractivity contribution in [3.05, 3.63) is 149 Å². The first kappa shape index (κ1) is 43.1. The third-order valence-corrected chi connectivity index (χ3v) is 15.7. The summed E-state index contributed by atoms with van der Waals surface area (Å²) in [6, 6.07) is 26.4. The number of aryl methyl sites for hydroxylation is 8. The zero-order valence-electron chi connectivity index (χ0n) is 28.0. The summed E-state index contributed by atoms with van der Waals surface area (Å²) in [4.78, 5) is 0. The maximum Gasteiger partial charge on any atom is 0.0210 e. The molecule has 0 heterocycles. The number of hydrogen-bond donors (Lipinski definition) is 0. The van der Waals surface area contributed by atoms with Crippen molar-refractivity contribution >= 4 is 176 Å². The van der Waals surface area contributed by atoms with Gasteiger partial charge >= 0.3 is 0 Å². The molecule has 6 aromatic rings. The molecule has 0 amide bonds. The Kier molecular flexibility index (Phi) is 17.7. The Morgan fingerprint density at radius 3 is 0.812 bits per heavy atom. The van der Waals surface area contributed by atoms with Crippen LogP contribution in [0.25, 0.3) is 21.5 Å². The smallest absolute Gasteiger partial charge is 0.0210 e. The van der Waals surface area contributed by atoms with E-state index in [0.717, 1.165) is 0 Å². The molecule has 6 aromatic carbocycles. The number of hydrogen-bond acceptors (Lipinski definition) is 0. The fourth-order valence-corrected chi connectivity index (χ4v) is 8.40. The first-order valence-corrected chi connectivity index (χ1v) is 22.4. The molecule has 48 heavy (non-hydrogen) atoms. The van der Waals surface area contributed by atoms with E-state index in [1.165, 1.54) is 98.2 Å². The zero-order valence-corrected chi connectivity index (χ0v) is 42.9. The Labute approximate surface area is 374 Å². The molecule has 0 unspecified atom stereocenters. The monoisotopic (exact) mass is 1340 g/mol. The second-order valence-corrected chi connectivity index (χ2v) is 19.9. The summed E-state index contributed by atoms with van der Waals surface area (Å²) in [5.74, 6) is 0. The molecular formula is C40H36Br4I4. The molecule has 0 aromatic heterocycles. The van der Waals surface area contributed by atoms with E-state index in [9.17, 15) is 0 Å². The molecule has 0 atom stereocenters. The van der Waals surface area contributed by atoms with Crippen molar-refractivity contribution in [2.45, 2.75) is 55.4 Å². The number of rotatable bonds is 0. The normalized spacial score (nSPS) is 10.5. The third kappa shape index (κ3) is 12.4.